The van der Waals surface area contributed by atoms with Gasteiger partial charge in [0.2, 0.25) is 5.16 Å². The van der Waals surface area contributed by atoms with E-state index in [1.807, 2.05) is 20.8 Å². The number of amides is 1. The predicted octanol–water partition coefficient (Wildman–Crippen LogP) is 1.98. The molecule has 0 bridgehead atoms. The van der Waals surface area contributed by atoms with Gasteiger partial charge in [0.05, 0.1) is 10.8 Å². The van der Waals surface area contributed by atoms with Crippen LogP contribution in [0.1, 0.15) is 33.6 Å². The summed E-state index contributed by atoms with van der Waals surface area (Å²) < 4.78 is 17.7. The highest BCUT2D eigenvalue weighted by Gasteiger charge is 2.30. The molecule has 6 nitrogen and oxygen atoms in total. The lowest BCUT2D eigenvalue weighted by molar-refractivity contribution is 0.0218. The van der Waals surface area contributed by atoms with Crippen LogP contribution in [0.3, 0.4) is 0 Å². The summed E-state index contributed by atoms with van der Waals surface area (Å²) in [5.41, 5.74) is -0.491. The lowest BCUT2D eigenvalue weighted by Gasteiger charge is -2.32. The molecule has 0 saturated carbocycles. The van der Waals surface area contributed by atoms with Gasteiger partial charge in [-0.25, -0.2) is 14.8 Å². The number of hydrogen-bond acceptors (Lipinski definition) is 5. The average Bonchev–Trinajstić information content (AvgIpc) is 2.46. The number of carbonyl (C=O) groups excluding carboxylic acids is 1. The molecular weight excluding hydrogens is 290 g/mol. The van der Waals surface area contributed by atoms with E-state index in [9.17, 15) is 9.00 Å². The van der Waals surface area contributed by atoms with Crippen molar-refractivity contribution in [1.29, 1.82) is 0 Å². The molecule has 1 saturated heterocycles. The van der Waals surface area contributed by atoms with E-state index in [2.05, 4.69) is 9.97 Å². The Morgan fingerprint density at radius 1 is 1.29 bits per heavy atom. The van der Waals surface area contributed by atoms with Gasteiger partial charge in [-0.1, -0.05) is 0 Å². The Kier molecular flexibility index (Phi) is 4.92. The number of aromatic nitrogens is 2. The Hall–Kier alpha value is -1.50. The minimum atomic E-state index is -1.22. The van der Waals surface area contributed by atoms with E-state index in [1.54, 1.807) is 23.4 Å². The van der Waals surface area contributed by atoms with Crippen LogP contribution in [-0.4, -0.2) is 49.1 Å². The monoisotopic (exact) mass is 311 g/mol. The molecular formula is C14H21N3O3S. The van der Waals surface area contributed by atoms with Gasteiger partial charge < -0.3 is 9.64 Å². The third-order valence-electron chi connectivity index (χ3n) is 3.12. The van der Waals surface area contributed by atoms with Crippen LogP contribution < -0.4 is 0 Å². The maximum Gasteiger partial charge on any atom is 0.410 e. The molecule has 0 radical (unpaired) electrons. The fourth-order valence-corrected chi connectivity index (χ4v) is 3.38. The van der Waals surface area contributed by atoms with Crippen molar-refractivity contribution in [3.63, 3.8) is 0 Å². The third-order valence-corrected chi connectivity index (χ3v) is 4.77. The van der Waals surface area contributed by atoms with E-state index in [0.717, 1.165) is 0 Å². The Balaban J connectivity index is 1.89. The van der Waals surface area contributed by atoms with Crippen LogP contribution in [0.4, 0.5) is 4.79 Å². The summed E-state index contributed by atoms with van der Waals surface area (Å²) in [5.74, 6) is 0. The lowest BCUT2D eigenvalue weighted by atomic mass is 10.1. The predicted molar refractivity (Wildman–Crippen MR) is 79.3 cm³/mol. The molecule has 1 atom stereocenters. The number of ether oxygens (including phenoxy) is 1. The number of nitrogens with zero attached hydrogens (tertiary/aromatic N) is 3. The first-order valence-electron chi connectivity index (χ1n) is 7.02. The van der Waals surface area contributed by atoms with Crippen molar-refractivity contribution in [3.05, 3.63) is 18.5 Å². The van der Waals surface area contributed by atoms with E-state index in [0.29, 0.717) is 31.1 Å². The summed E-state index contributed by atoms with van der Waals surface area (Å²) in [6, 6.07) is 1.70. The Bertz CT molecular complexity index is 508. The zero-order chi connectivity index (χ0) is 15.5. The summed E-state index contributed by atoms with van der Waals surface area (Å²) in [6.07, 6.45) is 4.23. The Morgan fingerprint density at radius 2 is 1.86 bits per heavy atom. The molecule has 0 aromatic carbocycles. The molecule has 1 aliphatic heterocycles. The van der Waals surface area contributed by atoms with Crippen molar-refractivity contribution >= 4 is 16.9 Å². The Morgan fingerprint density at radius 3 is 2.38 bits per heavy atom. The highest BCUT2D eigenvalue weighted by atomic mass is 32.2. The standard InChI is InChI=1S/C14H21N3O3S/c1-14(2,3)20-13(18)17-9-5-11(6-10-17)21(19)12-15-7-4-8-16-12/h4,7-8,11H,5-6,9-10H2,1-3H3. The van der Waals surface area contributed by atoms with Gasteiger partial charge in [-0.15, -0.1) is 0 Å². The van der Waals surface area contributed by atoms with Crippen molar-refractivity contribution in [1.82, 2.24) is 14.9 Å². The van der Waals surface area contributed by atoms with Crippen LogP contribution in [-0.2, 0) is 15.5 Å². The molecule has 0 N–H and O–H groups in total. The summed E-state index contributed by atoms with van der Waals surface area (Å²) in [7, 11) is -1.22. The highest BCUT2D eigenvalue weighted by Crippen LogP contribution is 2.20. The van der Waals surface area contributed by atoms with Crippen LogP contribution in [0, 0.1) is 0 Å². The van der Waals surface area contributed by atoms with Crippen LogP contribution in [0.5, 0.6) is 0 Å². The second-order valence-corrected chi connectivity index (χ2v) is 7.62. The highest BCUT2D eigenvalue weighted by molar-refractivity contribution is 7.85. The average molecular weight is 311 g/mol. The second kappa shape index (κ2) is 6.51. The van der Waals surface area contributed by atoms with Gasteiger partial charge in [0.1, 0.15) is 5.60 Å². The lowest BCUT2D eigenvalue weighted by Crippen LogP contribution is -2.43. The topological polar surface area (TPSA) is 72.4 Å². The van der Waals surface area contributed by atoms with Gasteiger partial charge in [-0.05, 0) is 39.7 Å². The molecule has 1 fully saturated rings. The van der Waals surface area contributed by atoms with E-state index < -0.39 is 16.4 Å². The molecule has 0 spiro atoms. The first-order valence-corrected chi connectivity index (χ1v) is 8.23. The summed E-state index contributed by atoms with van der Waals surface area (Å²) >= 11 is 0. The van der Waals surface area contributed by atoms with Crippen LogP contribution in [0.25, 0.3) is 0 Å². The van der Waals surface area contributed by atoms with Gasteiger partial charge in [0.25, 0.3) is 0 Å². The first-order chi connectivity index (χ1) is 9.87. The number of likely N-dealkylation sites (tertiary alicyclic amines) is 1. The van der Waals surface area contributed by atoms with E-state index in [1.165, 1.54) is 0 Å². The van der Waals surface area contributed by atoms with E-state index in [4.69, 9.17) is 4.74 Å². The van der Waals surface area contributed by atoms with Gasteiger partial charge in [-0.3, -0.25) is 4.21 Å². The van der Waals surface area contributed by atoms with Gasteiger partial charge in [-0.2, -0.15) is 0 Å². The quantitative estimate of drug-likeness (QED) is 0.781. The fraction of sp³-hybridized carbons (Fsp3) is 0.643. The summed E-state index contributed by atoms with van der Waals surface area (Å²) in [5, 5.41) is 0.360. The van der Waals surface area contributed by atoms with E-state index in [-0.39, 0.29) is 11.3 Å². The van der Waals surface area contributed by atoms with Gasteiger partial charge in [0.15, 0.2) is 0 Å². The Labute approximate surface area is 127 Å². The van der Waals surface area contributed by atoms with Crippen molar-refractivity contribution in [2.24, 2.45) is 0 Å². The minimum absolute atomic E-state index is 0.00825. The van der Waals surface area contributed by atoms with E-state index >= 15 is 0 Å². The molecule has 1 amide bonds. The molecule has 1 unspecified atom stereocenters. The van der Waals surface area contributed by atoms with Crippen molar-refractivity contribution in [2.75, 3.05) is 13.1 Å². The minimum Gasteiger partial charge on any atom is -0.444 e. The normalized spacial score (nSPS) is 18.3. The molecule has 1 aromatic heterocycles. The van der Waals surface area contributed by atoms with Gasteiger partial charge >= 0.3 is 6.09 Å². The summed E-state index contributed by atoms with van der Waals surface area (Å²) in [6.45, 7) is 6.65. The van der Waals surface area contributed by atoms with Crippen molar-refractivity contribution in [3.8, 4) is 0 Å². The number of carbonyl (C=O) groups is 1. The molecule has 21 heavy (non-hydrogen) atoms. The second-order valence-electron chi connectivity index (χ2n) is 6.00. The van der Waals surface area contributed by atoms with Crippen LogP contribution in [0.2, 0.25) is 0 Å². The number of piperidine rings is 1. The van der Waals surface area contributed by atoms with Crippen LogP contribution >= 0.6 is 0 Å². The van der Waals surface area contributed by atoms with Gasteiger partial charge in [0, 0.05) is 30.7 Å². The molecule has 1 aromatic rings. The molecule has 1 aliphatic rings. The maximum atomic E-state index is 12.4. The molecule has 2 rings (SSSR count). The number of rotatable bonds is 2. The SMILES string of the molecule is CC(C)(C)OC(=O)N1CCC(S(=O)c2ncccn2)CC1. The number of hydrogen-bond donors (Lipinski definition) is 0. The summed E-state index contributed by atoms with van der Waals surface area (Å²) in [4.78, 5) is 21.7. The maximum absolute atomic E-state index is 12.4. The first kappa shape index (κ1) is 15.9. The largest absolute Gasteiger partial charge is 0.444 e. The molecule has 7 heteroatoms. The molecule has 0 aliphatic carbocycles. The molecule has 2 heterocycles. The van der Waals surface area contributed by atoms with Crippen LogP contribution in [0.15, 0.2) is 23.6 Å². The zero-order valence-corrected chi connectivity index (χ0v) is 13.4. The zero-order valence-electron chi connectivity index (χ0n) is 12.6. The third kappa shape index (κ3) is 4.49. The van der Waals surface area contributed by atoms with Crippen molar-refractivity contribution in [2.45, 2.75) is 49.6 Å². The van der Waals surface area contributed by atoms with Crippen molar-refractivity contribution < 1.29 is 13.7 Å². The smallest absolute Gasteiger partial charge is 0.410 e. The fourth-order valence-electron chi connectivity index (χ4n) is 2.12. The molecule has 116 valence electrons.